The Labute approximate surface area is 221 Å². The molecule has 37 heavy (non-hydrogen) atoms. The normalized spacial score (nSPS) is 14.9. The number of rotatable bonds is 5. The van der Waals surface area contributed by atoms with Crippen molar-refractivity contribution in [3.05, 3.63) is 167 Å². The summed E-state index contributed by atoms with van der Waals surface area (Å²) in [5, 5.41) is 0. The SMILES string of the molecule is COC1=CC(C)(C)CC(=C(c2ccccc2)c2ccccc2)CC1=C(c1ccccc1)c1ccccc1. The molecule has 4 aromatic carbocycles. The Balaban J connectivity index is 1.84. The van der Waals surface area contributed by atoms with E-state index in [1.165, 1.54) is 44.5 Å². The number of benzene rings is 4. The molecule has 0 atom stereocenters. The molecule has 0 unspecified atom stereocenters. The summed E-state index contributed by atoms with van der Waals surface area (Å²) in [7, 11) is 1.81. The molecule has 0 heterocycles. The minimum Gasteiger partial charge on any atom is -0.497 e. The van der Waals surface area contributed by atoms with Crippen LogP contribution < -0.4 is 0 Å². The molecule has 0 aliphatic heterocycles. The van der Waals surface area contributed by atoms with Gasteiger partial charge in [0.15, 0.2) is 0 Å². The van der Waals surface area contributed by atoms with Crippen molar-refractivity contribution in [3.63, 3.8) is 0 Å². The molecule has 0 fully saturated rings. The van der Waals surface area contributed by atoms with Gasteiger partial charge in [-0.05, 0) is 57.7 Å². The zero-order chi connectivity index (χ0) is 25.7. The second kappa shape index (κ2) is 10.9. The van der Waals surface area contributed by atoms with Crippen molar-refractivity contribution in [2.75, 3.05) is 7.11 Å². The third-order valence-corrected chi connectivity index (χ3v) is 7.00. The first-order valence-electron chi connectivity index (χ1n) is 13.0. The molecule has 0 N–H and O–H groups in total. The van der Waals surface area contributed by atoms with Crippen molar-refractivity contribution in [1.82, 2.24) is 0 Å². The van der Waals surface area contributed by atoms with Crippen LogP contribution in [0.4, 0.5) is 0 Å². The Hall–Kier alpha value is -4.10. The van der Waals surface area contributed by atoms with Crippen molar-refractivity contribution >= 4 is 11.1 Å². The van der Waals surface area contributed by atoms with Gasteiger partial charge in [0.1, 0.15) is 5.76 Å². The predicted molar refractivity (Wildman–Crippen MR) is 156 cm³/mol. The quantitative estimate of drug-likeness (QED) is 0.275. The number of ether oxygens (including phenoxy) is 1. The highest BCUT2D eigenvalue weighted by atomic mass is 16.5. The van der Waals surface area contributed by atoms with E-state index in [9.17, 15) is 0 Å². The molecule has 5 rings (SSSR count). The summed E-state index contributed by atoms with van der Waals surface area (Å²) in [6, 6.07) is 43.1. The van der Waals surface area contributed by atoms with E-state index in [-0.39, 0.29) is 5.41 Å². The van der Waals surface area contributed by atoms with Gasteiger partial charge >= 0.3 is 0 Å². The molecule has 0 bridgehead atoms. The Morgan fingerprint density at radius 3 is 1.32 bits per heavy atom. The molecule has 1 nitrogen and oxygen atoms in total. The Morgan fingerprint density at radius 2 is 0.946 bits per heavy atom. The van der Waals surface area contributed by atoms with Crippen molar-refractivity contribution in [1.29, 1.82) is 0 Å². The average molecular weight is 483 g/mol. The lowest BCUT2D eigenvalue weighted by Crippen LogP contribution is -2.09. The molecule has 4 aromatic rings. The summed E-state index contributed by atoms with van der Waals surface area (Å²) in [4.78, 5) is 0. The largest absolute Gasteiger partial charge is 0.497 e. The van der Waals surface area contributed by atoms with Gasteiger partial charge in [-0.1, -0.05) is 141 Å². The number of hydrogen-bond acceptors (Lipinski definition) is 1. The third-order valence-electron chi connectivity index (χ3n) is 7.00. The minimum absolute atomic E-state index is 0.0737. The number of allylic oxidation sites excluding steroid dienone is 3. The molecule has 0 saturated carbocycles. The summed E-state index contributed by atoms with van der Waals surface area (Å²) in [5.41, 5.74) is 10.0. The molecule has 1 heteroatoms. The van der Waals surface area contributed by atoms with E-state index in [0.717, 1.165) is 18.6 Å². The van der Waals surface area contributed by atoms with Gasteiger partial charge in [0.2, 0.25) is 0 Å². The zero-order valence-corrected chi connectivity index (χ0v) is 21.9. The summed E-state index contributed by atoms with van der Waals surface area (Å²) < 4.78 is 6.16. The van der Waals surface area contributed by atoms with Crippen molar-refractivity contribution in [2.45, 2.75) is 26.7 Å². The standard InChI is InChI=1S/C36H34O/c1-36(2)25-31(34(27-16-8-4-9-17-27)28-18-10-5-11-19-28)24-32(33(26-36)37-3)35(29-20-12-6-13-21-29)30-22-14-7-15-23-30/h4-23,26H,24-25H2,1-3H3. The van der Waals surface area contributed by atoms with Gasteiger partial charge in [-0.2, -0.15) is 0 Å². The van der Waals surface area contributed by atoms with Gasteiger partial charge in [0.05, 0.1) is 7.11 Å². The maximum Gasteiger partial charge on any atom is 0.119 e. The summed E-state index contributed by atoms with van der Waals surface area (Å²) in [6.45, 7) is 4.63. The molecule has 0 aromatic heterocycles. The van der Waals surface area contributed by atoms with E-state index in [2.05, 4.69) is 141 Å². The van der Waals surface area contributed by atoms with Crippen molar-refractivity contribution in [2.24, 2.45) is 5.41 Å². The fourth-order valence-corrected chi connectivity index (χ4v) is 5.49. The van der Waals surface area contributed by atoms with E-state index < -0.39 is 0 Å². The first kappa shape index (κ1) is 24.6. The predicted octanol–water partition coefficient (Wildman–Crippen LogP) is 9.34. The summed E-state index contributed by atoms with van der Waals surface area (Å²) in [6.07, 6.45) is 4.08. The Morgan fingerprint density at radius 1 is 0.568 bits per heavy atom. The lowest BCUT2D eigenvalue weighted by molar-refractivity contribution is 0.292. The third kappa shape index (κ3) is 5.52. The first-order valence-corrected chi connectivity index (χ1v) is 13.0. The van der Waals surface area contributed by atoms with Crippen LogP contribution in [0.2, 0.25) is 0 Å². The van der Waals surface area contributed by atoms with Crippen LogP contribution in [0.5, 0.6) is 0 Å². The molecule has 0 saturated heterocycles. The van der Waals surface area contributed by atoms with Gasteiger partial charge in [-0.3, -0.25) is 0 Å². The van der Waals surface area contributed by atoms with E-state index in [1.54, 1.807) is 7.11 Å². The zero-order valence-electron chi connectivity index (χ0n) is 21.9. The fraction of sp³-hybridized carbons (Fsp3) is 0.167. The van der Waals surface area contributed by atoms with E-state index in [4.69, 9.17) is 4.74 Å². The van der Waals surface area contributed by atoms with Gasteiger partial charge in [-0.15, -0.1) is 0 Å². The van der Waals surface area contributed by atoms with Crippen LogP contribution in [0.15, 0.2) is 144 Å². The van der Waals surface area contributed by atoms with Crippen LogP contribution in [-0.2, 0) is 4.74 Å². The van der Waals surface area contributed by atoms with E-state index >= 15 is 0 Å². The molecule has 0 radical (unpaired) electrons. The maximum absolute atomic E-state index is 6.16. The molecule has 184 valence electrons. The van der Waals surface area contributed by atoms with Crippen molar-refractivity contribution in [3.8, 4) is 0 Å². The lowest BCUT2D eigenvalue weighted by Gasteiger charge is -2.23. The summed E-state index contributed by atoms with van der Waals surface area (Å²) >= 11 is 0. The van der Waals surface area contributed by atoms with Gasteiger partial charge < -0.3 is 4.74 Å². The summed E-state index contributed by atoms with van der Waals surface area (Å²) in [5.74, 6) is 0.961. The number of methoxy groups -OCH3 is 1. The lowest BCUT2D eigenvalue weighted by atomic mass is 9.81. The van der Waals surface area contributed by atoms with Crippen LogP contribution in [0.1, 0.15) is 48.9 Å². The fourth-order valence-electron chi connectivity index (χ4n) is 5.49. The van der Waals surface area contributed by atoms with Crippen LogP contribution in [0.3, 0.4) is 0 Å². The van der Waals surface area contributed by atoms with Crippen LogP contribution in [0.25, 0.3) is 11.1 Å². The smallest absolute Gasteiger partial charge is 0.119 e. The minimum atomic E-state index is -0.0737. The highest BCUT2D eigenvalue weighted by Crippen LogP contribution is 2.45. The topological polar surface area (TPSA) is 9.23 Å². The van der Waals surface area contributed by atoms with Gasteiger partial charge in [0.25, 0.3) is 0 Å². The highest BCUT2D eigenvalue weighted by Gasteiger charge is 2.30. The molecule has 0 spiro atoms. The second-order valence-corrected chi connectivity index (χ2v) is 10.4. The molecular weight excluding hydrogens is 448 g/mol. The number of hydrogen-bond donors (Lipinski definition) is 0. The molecular formula is C36H34O. The molecule has 0 amide bonds. The second-order valence-electron chi connectivity index (χ2n) is 10.4. The van der Waals surface area contributed by atoms with Crippen molar-refractivity contribution < 1.29 is 4.74 Å². The van der Waals surface area contributed by atoms with Crippen LogP contribution >= 0.6 is 0 Å². The van der Waals surface area contributed by atoms with E-state index in [0.29, 0.717) is 0 Å². The van der Waals surface area contributed by atoms with Gasteiger partial charge in [-0.25, -0.2) is 0 Å². The first-order chi connectivity index (χ1) is 18.1. The maximum atomic E-state index is 6.16. The average Bonchev–Trinajstić information content (AvgIpc) is 3.06. The van der Waals surface area contributed by atoms with Crippen LogP contribution in [-0.4, -0.2) is 7.11 Å². The van der Waals surface area contributed by atoms with Crippen LogP contribution in [0, 0.1) is 5.41 Å². The molecule has 1 aliphatic carbocycles. The van der Waals surface area contributed by atoms with E-state index in [1.807, 2.05) is 0 Å². The Kier molecular flexibility index (Phi) is 7.23. The monoisotopic (exact) mass is 482 g/mol. The Bertz CT molecular complexity index is 1340. The molecule has 1 aliphatic rings. The highest BCUT2D eigenvalue weighted by molar-refractivity contribution is 5.87. The van der Waals surface area contributed by atoms with Gasteiger partial charge in [0, 0.05) is 5.57 Å².